The van der Waals surface area contributed by atoms with Gasteiger partial charge in [-0.05, 0) is 80.8 Å². The largest absolute Gasteiger partial charge is 0.508 e. The molecular formula is C24H28O3. The van der Waals surface area contributed by atoms with E-state index in [0.29, 0.717) is 12.0 Å². The highest BCUT2D eigenvalue weighted by molar-refractivity contribution is 5.52. The summed E-state index contributed by atoms with van der Waals surface area (Å²) >= 11 is 0. The van der Waals surface area contributed by atoms with Crippen LogP contribution in [0.25, 0.3) is 0 Å². The molecule has 2 aromatic rings. The van der Waals surface area contributed by atoms with Crippen molar-refractivity contribution < 1.29 is 15.3 Å². The SMILES string of the molecule is C=C(C)[C@@H]1CCC(C)=C[C@@H]1c1c(O)cc(CCc2ccc(O)cc2)cc1O. The molecule has 0 amide bonds. The third kappa shape index (κ3) is 4.36. The van der Waals surface area contributed by atoms with Gasteiger partial charge in [-0.25, -0.2) is 0 Å². The normalized spacial score (nSPS) is 19.6. The van der Waals surface area contributed by atoms with Gasteiger partial charge in [0.1, 0.15) is 17.2 Å². The number of phenolic OH excluding ortho intramolecular Hbond substituents is 3. The lowest BCUT2D eigenvalue weighted by Crippen LogP contribution is -2.17. The molecule has 0 aromatic heterocycles. The van der Waals surface area contributed by atoms with Gasteiger partial charge in [-0.2, -0.15) is 0 Å². The highest BCUT2D eigenvalue weighted by atomic mass is 16.3. The molecule has 27 heavy (non-hydrogen) atoms. The molecule has 0 radical (unpaired) electrons. The van der Waals surface area contributed by atoms with Crippen LogP contribution in [-0.2, 0) is 12.8 Å². The molecule has 1 aliphatic rings. The maximum absolute atomic E-state index is 10.7. The summed E-state index contributed by atoms with van der Waals surface area (Å²) in [5.74, 6) is 0.743. The summed E-state index contributed by atoms with van der Waals surface area (Å²) in [6.07, 6.45) is 5.66. The molecule has 2 atom stereocenters. The Kier molecular flexibility index (Phi) is 5.59. The van der Waals surface area contributed by atoms with Crippen LogP contribution < -0.4 is 0 Å². The van der Waals surface area contributed by atoms with Crippen molar-refractivity contribution in [1.29, 1.82) is 0 Å². The lowest BCUT2D eigenvalue weighted by atomic mass is 9.73. The van der Waals surface area contributed by atoms with Crippen molar-refractivity contribution in [2.24, 2.45) is 5.92 Å². The van der Waals surface area contributed by atoms with E-state index in [2.05, 4.69) is 19.6 Å². The molecule has 142 valence electrons. The Labute approximate surface area is 161 Å². The Morgan fingerprint density at radius 3 is 2.19 bits per heavy atom. The van der Waals surface area contributed by atoms with E-state index in [-0.39, 0.29) is 29.1 Å². The van der Waals surface area contributed by atoms with Crippen molar-refractivity contribution in [2.45, 2.75) is 45.4 Å². The van der Waals surface area contributed by atoms with Gasteiger partial charge in [0, 0.05) is 11.5 Å². The molecule has 0 saturated heterocycles. The zero-order valence-corrected chi connectivity index (χ0v) is 16.1. The standard InChI is InChI=1S/C24H28O3/c1-15(2)20-11-4-16(3)12-21(20)24-22(26)13-18(14-23(24)27)6-5-17-7-9-19(25)10-8-17/h7-10,12-14,20-21,25-27H,1,4-6,11H2,2-3H3/t20-,21-/m0/s1. The van der Waals surface area contributed by atoms with E-state index in [1.165, 1.54) is 5.57 Å². The summed E-state index contributed by atoms with van der Waals surface area (Å²) in [5.41, 5.74) is 4.97. The summed E-state index contributed by atoms with van der Waals surface area (Å²) in [6.45, 7) is 8.23. The summed E-state index contributed by atoms with van der Waals surface area (Å²) in [7, 11) is 0. The van der Waals surface area contributed by atoms with Crippen molar-refractivity contribution in [3.8, 4) is 17.2 Å². The van der Waals surface area contributed by atoms with Gasteiger partial charge in [-0.15, -0.1) is 0 Å². The van der Waals surface area contributed by atoms with E-state index < -0.39 is 0 Å². The van der Waals surface area contributed by atoms with E-state index in [4.69, 9.17) is 0 Å². The van der Waals surface area contributed by atoms with Crippen LogP contribution in [0.5, 0.6) is 17.2 Å². The predicted octanol–water partition coefficient (Wildman–Crippen LogP) is 5.60. The minimum atomic E-state index is -0.0394. The molecule has 0 heterocycles. The van der Waals surface area contributed by atoms with Crippen LogP contribution in [0.1, 0.15) is 49.3 Å². The number of allylic oxidation sites excluding steroid dienone is 3. The third-order valence-corrected chi connectivity index (χ3v) is 5.55. The average molecular weight is 364 g/mol. The van der Waals surface area contributed by atoms with Gasteiger partial charge in [0.15, 0.2) is 0 Å². The van der Waals surface area contributed by atoms with Gasteiger partial charge in [0.25, 0.3) is 0 Å². The third-order valence-electron chi connectivity index (χ3n) is 5.55. The molecule has 3 nitrogen and oxygen atoms in total. The quantitative estimate of drug-likeness (QED) is 0.605. The first-order valence-electron chi connectivity index (χ1n) is 9.50. The molecule has 2 aromatic carbocycles. The first kappa shape index (κ1) is 19.1. The molecule has 3 N–H and O–H groups in total. The van der Waals surface area contributed by atoms with Crippen LogP contribution in [0, 0.1) is 5.92 Å². The monoisotopic (exact) mass is 364 g/mol. The van der Waals surface area contributed by atoms with E-state index in [9.17, 15) is 15.3 Å². The number of rotatable bonds is 5. The van der Waals surface area contributed by atoms with E-state index in [0.717, 1.165) is 36.0 Å². The minimum absolute atomic E-state index is 0.0394. The first-order chi connectivity index (χ1) is 12.8. The van der Waals surface area contributed by atoms with Crippen LogP contribution in [0.2, 0.25) is 0 Å². The number of hydrogen-bond acceptors (Lipinski definition) is 3. The van der Waals surface area contributed by atoms with Crippen molar-refractivity contribution in [1.82, 2.24) is 0 Å². The number of phenols is 3. The predicted molar refractivity (Wildman–Crippen MR) is 109 cm³/mol. The number of benzene rings is 2. The second kappa shape index (κ2) is 7.91. The maximum Gasteiger partial charge on any atom is 0.123 e. The van der Waals surface area contributed by atoms with Crippen molar-refractivity contribution >= 4 is 0 Å². The van der Waals surface area contributed by atoms with E-state index in [1.807, 2.05) is 19.1 Å². The van der Waals surface area contributed by atoms with Gasteiger partial charge in [-0.3, -0.25) is 0 Å². The maximum atomic E-state index is 10.7. The molecule has 0 spiro atoms. The second-order valence-corrected chi connectivity index (χ2v) is 7.74. The van der Waals surface area contributed by atoms with Gasteiger partial charge < -0.3 is 15.3 Å². The Bertz CT molecular complexity index is 839. The zero-order valence-electron chi connectivity index (χ0n) is 16.1. The molecular weight excluding hydrogens is 336 g/mol. The van der Waals surface area contributed by atoms with Gasteiger partial charge in [-0.1, -0.05) is 35.9 Å². The number of aryl methyl sites for hydroxylation is 2. The highest BCUT2D eigenvalue weighted by Gasteiger charge is 2.30. The van der Waals surface area contributed by atoms with Gasteiger partial charge in [0.05, 0.1) is 0 Å². The summed E-state index contributed by atoms with van der Waals surface area (Å²) in [4.78, 5) is 0. The lowest BCUT2D eigenvalue weighted by Gasteiger charge is -2.31. The van der Waals surface area contributed by atoms with Crippen LogP contribution in [0.3, 0.4) is 0 Å². The number of aromatic hydroxyl groups is 3. The smallest absolute Gasteiger partial charge is 0.123 e. The molecule has 3 rings (SSSR count). The topological polar surface area (TPSA) is 60.7 Å². The van der Waals surface area contributed by atoms with Crippen LogP contribution in [0.15, 0.2) is 60.2 Å². The fraction of sp³-hybridized carbons (Fsp3) is 0.333. The molecule has 3 heteroatoms. The molecule has 0 aliphatic heterocycles. The first-order valence-corrected chi connectivity index (χ1v) is 9.50. The summed E-state index contributed by atoms with van der Waals surface area (Å²) in [5, 5.41) is 30.8. The minimum Gasteiger partial charge on any atom is -0.508 e. The fourth-order valence-corrected chi connectivity index (χ4v) is 4.02. The Morgan fingerprint density at radius 1 is 1.00 bits per heavy atom. The Hall–Kier alpha value is -2.68. The van der Waals surface area contributed by atoms with Crippen molar-refractivity contribution in [3.63, 3.8) is 0 Å². The van der Waals surface area contributed by atoms with Crippen LogP contribution in [-0.4, -0.2) is 15.3 Å². The van der Waals surface area contributed by atoms with Crippen molar-refractivity contribution in [2.75, 3.05) is 0 Å². The van der Waals surface area contributed by atoms with E-state index >= 15 is 0 Å². The Morgan fingerprint density at radius 2 is 1.59 bits per heavy atom. The number of hydrogen-bond donors (Lipinski definition) is 3. The highest BCUT2D eigenvalue weighted by Crippen LogP contribution is 2.46. The zero-order chi connectivity index (χ0) is 19.6. The Balaban J connectivity index is 1.84. The van der Waals surface area contributed by atoms with Crippen LogP contribution in [0.4, 0.5) is 0 Å². The molecule has 0 saturated carbocycles. The molecule has 0 bridgehead atoms. The van der Waals surface area contributed by atoms with Gasteiger partial charge in [0.2, 0.25) is 0 Å². The van der Waals surface area contributed by atoms with Gasteiger partial charge >= 0.3 is 0 Å². The molecule has 0 unspecified atom stereocenters. The summed E-state index contributed by atoms with van der Waals surface area (Å²) in [6, 6.07) is 10.6. The molecule has 1 aliphatic carbocycles. The molecule has 0 fully saturated rings. The second-order valence-electron chi connectivity index (χ2n) is 7.74. The van der Waals surface area contributed by atoms with Crippen molar-refractivity contribution in [3.05, 3.63) is 76.9 Å². The van der Waals surface area contributed by atoms with Crippen LogP contribution >= 0.6 is 0 Å². The van der Waals surface area contributed by atoms with E-state index in [1.54, 1.807) is 24.3 Å². The fourth-order valence-electron chi connectivity index (χ4n) is 4.02. The lowest BCUT2D eigenvalue weighted by molar-refractivity contribution is 0.406. The summed E-state index contributed by atoms with van der Waals surface area (Å²) < 4.78 is 0. The average Bonchev–Trinajstić information content (AvgIpc) is 2.60.